The molecular formula is C29H31N3O4S. The standard InChI is InChI=1S/C29H31N3O4S/c33-28(18-15-23-13-16-26(17-14-23)32(35)36)31(25-10-5-2-6-11-25)22-29(34)30(21-27-12-7-19-37-27)20-24-8-3-1-4-9-24/h1,3-4,7-9,12-19,25H,2,5-6,10-11,20-22H2. The van der Waals surface area contributed by atoms with Crippen molar-refractivity contribution in [2.24, 2.45) is 0 Å². The van der Waals surface area contributed by atoms with Crippen molar-refractivity contribution >= 4 is 34.9 Å². The first kappa shape index (κ1) is 26.3. The van der Waals surface area contributed by atoms with E-state index in [0.29, 0.717) is 18.7 Å². The van der Waals surface area contributed by atoms with Gasteiger partial charge in [-0.15, -0.1) is 11.3 Å². The Morgan fingerprint density at radius 3 is 2.32 bits per heavy atom. The Morgan fingerprint density at radius 2 is 1.68 bits per heavy atom. The van der Waals surface area contributed by atoms with Gasteiger partial charge >= 0.3 is 0 Å². The van der Waals surface area contributed by atoms with E-state index in [0.717, 1.165) is 42.5 Å². The molecule has 192 valence electrons. The Kier molecular flexibility index (Phi) is 9.21. The van der Waals surface area contributed by atoms with Crippen molar-refractivity contribution in [1.82, 2.24) is 9.80 Å². The number of thiophene rings is 1. The third-order valence-corrected chi connectivity index (χ3v) is 7.48. The molecule has 1 saturated carbocycles. The molecule has 0 spiro atoms. The van der Waals surface area contributed by atoms with Crippen LogP contribution < -0.4 is 0 Å². The molecule has 8 heteroatoms. The summed E-state index contributed by atoms with van der Waals surface area (Å²) in [5.74, 6) is -0.297. The second-order valence-corrected chi connectivity index (χ2v) is 10.3. The summed E-state index contributed by atoms with van der Waals surface area (Å²) in [6.45, 7) is 0.992. The van der Waals surface area contributed by atoms with Gasteiger partial charge in [-0.05, 0) is 53.6 Å². The van der Waals surface area contributed by atoms with Crippen LogP contribution in [-0.2, 0) is 22.7 Å². The number of hydrogen-bond acceptors (Lipinski definition) is 5. The molecule has 37 heavy (non-hydrogen) atoms. The second-order valence-electron chi connectivity index (χ2n) is 9.25. The van der Waals surface area contributed by atoms with E-state index in [-0.39, 0.29) is 30.1 Å². The fraction of sp³-hybridized carbons (Fsp3) is 0.310. The lowest BCUT2D eigenvalue weighted by Crippen LogP contribution is -2.47. The molecule has 0 N–H and O–H groups in total. The average Bonchev–Trinajstić information content (AvgIpc) is 3.44. The molecule has 2 amide bonds. The predicted octanol–water partition coefficient (Wildman–Crippen LogP) is 6.06. The van der Waals surface area contributed by atoms with Crippen LogP contribution >= 0.6 is 11.3 Å². The van der Waals surface area contributed by atoms with Crippen LogP contribution in [0.25, 0.3) is 6.08 Å². The van der Waals surface area contributed by atoms with Crippen LogP contribution in [0.1, 0.15) is 48.1 Å². The molecule has 0 saturated heterocycles. The van der Waals surface area contributed by atoms with Crippen molar-refractivity contribution in [3.63, 3.8) is 0 Å². The van der Waals surface area contributed by atoms with Gasteiger partial charge in [-0.2, -0.15) is 0 Å². The van der Waals surface area contributed by atoms with Crippen molar-refractivity contribution in [3.8, 4) is 0 Å². The Labute approximate surface area is 221 Å². The van der Waals surface area contributed by atoms with Crippen molar-refractivity contribution in [1.29, 1.82) is 0 Å². The molecule has 3 aromatic rings. The number of benzene rings is 2. The highest BCUT2D eigenvalue weighted by Crippen LogP contribution is 2.24. The fourth-order valence-corrected chi connectivity index (χ4v) is 5.34. The highest BCUT2D eigenvalue weighted by molar-refractivity contribution is 7.09. The van der Waals surface area contributed by atoms with E-state index in [9.17, 15) is 19.7 Å². The highest BCUT2D eigenvalue weighted by atomic mass is 32.1. The first-order valence-corrected chi connectivity index (χ1v) is 13.4. The quantitative estimate of drug-likeness (QED) is 0.186. The lowest BCUT2D eigenvalue weighted by molar-refractivity contribution is -0.384. The second kappa shape index (κ2) is 13.0. The lowest BCUT2D eigenvalue weighted by Gasteiger charge is -2.35. The normalized spacial score (nSPS) is 13.9. The van der Waals surface area contributed by atoms with Crippen molar-refractivity contribution in [2.45, 2.75) is 51.2 Å². The largest absolute Gasteiger partial charge is 0.332 e. The van der Waals surface area contributed by atoms with Crippen LogP contribution in [0.2, 0.25) is 0 Å². The fourth-order valence-electron chi connectivity index (χ4n) is 4.62. The van der Waals surface area contributed by atoms with Crippen LogP contribution in [0.4, 0.5) is 5.69 Å². The molecule has 1 fully saturated rings. The molecular weight excluding hydrogens is 486 g/mol. The summed E-state index contributed by atoms with van der Waals surface area (Å²) in [5, 5.41) is 12.9. The number of nitrogens with zero attached hydrogens (tertiary/aromatic N) is 3. The predicted molar refractivity (Wildman–Crippen MR) is 146 cm³/mol. The summed E-state index contributed by atoms with van der Waals surface area (Å²) in [7, 11) is 0. The van der Waals surface area contributed by atoms with E-state index in [1.807, 2.05) is 52.7 Å². The highest BCUT2D eigenvalue weighted by Gasteiger charge is 2.28. The van der Waals surface area contributed by atoms with Crippen LogP contribution in [0.15, 0.2) is 78.2 Å². The van der Waals surface area contributed by atoms with Gasteiger partial charge in [-0.3, -0.25) is 19.7 Å². The minimum Gasteiger partial charge on any atom is -0.332 e. The summed E-state index contributed by atoms with van der Waals surface area (Å²) < 4.78 is 0. The summed E-state index contributed by atoms with van der Waals surface area (Å²) in [5.41, 5.74) is 1.74. The molecule has 2 aromatic carbocycles. The van der Waals surface area contributed by atoms with Crippen LogP contribution in [0, 0.1) is 10.1 Å². The monoisotopic (exact) mass is 517 g/mol. The van der Waals surface area contributed by atoms with Crippen LogP contribution in [-0.4, -0.2) is 39.1 Å². The smallest absolute Gasteiger partial charge is 0.269 e. The maximum Gasteiger partial charge on any atom is 0.269 e. The molecule has 0 atom stereocenters. The van der Waals surface area contributed by atoms with Gasteiger partial charge in [-0.1, -0.05) is 55.7 Å². The van der Waals surface area contributed by atoms with Gasteiger partial charge in [0.25, 0.3) is 5.69 Å². The SMILES string of the molecule is O=C(CN(C(=O)C=Cc1ccc([N+](=O)[O-])cc1)C1CCCCC1)N(Cc1ccccc1)Cc1cccs1. The van der Waals surface area contributed by atoms with Crippen LogP contribution in [0.5, 0.6) is 0 Å². The number of hydrogen-bond donors (Lipinski definition) is 0. The molecule has 7 nitrogen and oxygen atoms in total. The van der Waals surface area contributed by atoms with Crippen LogP contribution in [0.3, 0.4) is 0 Å². The summed E-state index contributed by atoms with van der Waals surface area (Å²) in [4.78, 5) is 42.1. The van der Waals surface area contributed by atoms with E-state index in [4.69, 9.17) is 0 Å². The Hall–Kier alpha value is -3.78. The molecule has 0 bridgehead atoms. The topological polar surface area (TPSA) is 83.8 Å². The number of amides is 2. The van der Waals surface area contributed by atoms with E-state index < -0.39 is 4.92 Å². The molecule has 1 heterocycles. The molecule has 1 aliphatic carbocycles. The summed E-state index contributed by atoms with van der Waals surface area (Å²) in [6.07, 6.45) is 8.12. The summed E-state index contributed by atoms with van der Waals surface area (Å²) >= 11 is 1.61. The maximum absolute atomic E-state index is 13.7. The van der Waals surface area contributed by atoms with Crippen molar-refractivity contribution < 1.29 is 14.5 Å². The number of nitro benzene ring substituents is 1. The zero-order valence-electron chi connectivity index (χ0n) is 20.7. The molecule has 1 aromatic heterocycles. The maximum atomic E-state index is 13.7. The van der Waals surface area contributed by atoms with Crippen molar-refractivity contribution in [3.05, 3.63) is 104 Å². The van der Waals surface area contributed by atoms with E-state index in [1.165, 1.54) is 18.2 Å². The van der Waals surface area contributed by atoms with Gasteiger partial charge in [0.15, 0.2) is 0 Å². The third kappa shape index (κ3) is 7.60. The van der Waals surface area contributed by atoms with Gasteiger partial charge in [0.05, 0.1) is 11.5 Å². The average molecular weight is 518 g/mol. The Balaban J connectivity index is 1.51. The summed E-state index contributed by atoms with van der Waals surface area (Å²) in [6, 6.07) is 20.0. The molecule has 0 aliphatic heterocycles. The Morgan fingerprint density at radius 1 is 0.946 bits per heavy atom. The van der Waals surface area contributed by atoms with Gasteiger partial charge in [0.2, 0.25) is 11.8 Å². The molecule has 4 rings (SSSR count). The van der Waals surface area contributed by atoms with Gasteiger partial charge < -0.3 is 9.80 Å². The molecule has 0 radical (unpaired) electrons. The van der Waals surface area contributed by atoms with E-state index in [2.05, 4.69) is 0 Å². The molecule has 1 aliphatic rings. The Bertz CT molecular complexity index is 1200. The number of nitro groups is 1. The van der Waals surface area contributed by atoms with E-state index >= 15 is 0 Å². The first-order valence-electron chi connectivity index (χ1n) is 12.6. The number of carbonyl (C=O) groups is 2. The lowest BCUT2D eigenvalue weighted by atomic mass is 9.94. The number of carbonyl (C=O) groups excluding carboxylic acids is 2. The zero-order chi connectivity index (χ0) is 26.0. The van der Waals surface area contributed by atoms with E-state index in [1.54, 1.807) is 34.4 Å². The van der Waals surface area contributed by atoms with Gasteiger partial charge in [-0.25, -0.2) is 0 Å². The number of rotatable bonds is 10. The van der Waals surface area contributed by atoms with Gasteiger partial charge in [0, 0.05) is 35.7 Å². The van der Waals surface area contributed by atoms with Gasteiger partial charge in [0.1, 0.15) is 6.54 Å². The minimum absolute atomic E-state index is 0.00199. The molecule has 0 unspecified atom stereocenters. The minimum atomic E-state index is -0.452. The van der Waals surface area contributed by atoms with Crippen molar-refractivity contribution in [2.75, 3.05) is 6.54 Å². The number of non-ortho nitro benzene ring substituents is 1. The third-order valence-electron chi connectivity index (χ3n) is 6.62. The first-order chi connectivity index (χ1) is 18.0. The zero-order valence-corrected chi connectivity index (χ0v) is 21.5.